The molecule has 4 nitrogen and oxygen atoms in total. The fourth-order valence-corrected chi connectivity index (χ4v) is 4.03. The molecule has 4 rings (SSSR count). The van der Waals surface area contributed by atoms with Crippen LogP contribution in [0.25, 0.3) is 0 Å². The van der Waals surface area contributed by atoms with Crippen LogP contribution in [0, 0.1) is 0 Å². The molecule has 3 heterocycles. The summed E-state index contributed by atoms with van der Waals surface area (Å²) in [6.07, 6.45) is 4.77. The maximum Gasteiger partial charge on any atom is 0.256 e. The topological polar surface area (TPSA) is 35.6 Å². The van der Waals surface area contributed by atoms with Gasteiger partial charge in [-0.1, -0.05) is 12.1 Å². The quantitative estimate of drug-likeness (QED) is 0.857. The van der Waals surface area contributed by atoms with Crippen LogP contribution in [-0.4, -0.2) is 54.5 Å². The van der Waals surface area contributed by atoms with Gasteiger partial charge in [-0.3, -0.25) is 9.69 Å². The van der Waals surface area contributed by atoms with Gasteiger partial charge in [-0.15, -0.1) is 0 Å². The van der Waals surface area contributed by atoms with Crippen LogP contribution in [0.2, 0.25) is 0 Å². The molecule has 0 radical (unpaired) electrons. The highest BCUT2D eigenvalue weighted by molar-refractivity contribution is 6.00. The Morgan fingerprint density at radius 1 is 1.19 bits per heavy atom. The van der Waals surface area contributed by atoms with Gasteiger partial charge >= 0.3 is 0 Å². The highest BCUT2D eigenvalue weighted by Gasteiger charge is 2.33. The van der Waals surface area contributed by atoms with E-state index in [4.69, 9.17) is 0 Å². The van der Waals surface area contributed by atoms with E-state index in [-0.39, 0.29) is 5.91 Å². The minimum absolute atomic E-state index is 0.216. The molecule has 2 fully saturated rings. The van der Waals surface area contributed by atoms with Crippen molar-refractivity contribution in [2.75, 3.05) is 38.0 Å². The maximum absolute atomic E-state index is 12.9. The van der Waals surface area contributed by atoms with Gasteiger partial charge in [0.1, 0.15) is 0 Å². The van der Waals surface area contributed by atoms with E-state index in [0.717, 1.165) is 50.3 Å². The average Bonchev–Trinajstić information content (AvgIpc) is 3.01. The molecule has 0 aliphatic carbocycles. The summed E-state index contributed by atoms with van der Waals surface area (Å²) in [6.45, 7) is 5.02. The number of benzene rings is 1. The molecule has 21 heavy (non-hydrogen) atoms. The van der Waals surface area contributed by atoms with Crippen molar-refractivity contribution in [3.8, 4) is 0 Å². The second-order valence-corrected chi connectivity index (χ2v) is 6.45. The van der Waals surface area contributed by atoms with Gasteiger partial charge in [0, 0.05) is 32.2 Å². The van der Waals surface area contributed by atoms with Crippen LogP contribution >= 0.6 is 0 Å². The number of fused-ring (bicyclic) bond motifs is 2. The number of amides is 1. The lowest BCUT2D eigenvalue weighted by Gasteiger charge is -2.38. The Bertz CT molecular complexity index is 557. The van der Waals surface area contributed by atoms with E-state index >= 15 is 0 Å². The van der Waals surface area contributed by atoms with Crippen LogP contribution in [0.1, 0.15) is 35.2 Å². The molecule has 1 unspecified atom stereocenters. The summed E-state index contributed by atoms with van der Waals surface area (Å²) in [7, 11) is 0. The van der Waals surface area contributed by atoms with Crippen molar-refractivity contribution in [1.82, 2.24) is 9.80 Å². The summed E-state index contributed by atoms with van der Waals surface area (Å²) < 4.78 is 0. The SMILES string of the molecule is O=C(c1cccc2c1NCCC2)N1CCN2CCCC2C1. The highest BCUT2D eigenvalue weighted by Crippen LogP contribution is 2.28. The second kappa shape index (κ2) is 5.34. The predicted octanol–water partition coefficient (Wildman–Crippen LogP) is 1.96. The van der Waals surface area contributed by atoms with Crippen molar-refractivity contribution < 1.29 is 4.79 Å². The van der Waals surface area contributed by atoms with Gasteiger partial charge in [0.15, 0.2) is 0 Å². The zero-order valence-corrected chi connectivity index (χ0v) is 12.5. The summed E-state index contributed by atoms with van der Waals surface area (Å²) in [5.74, 6) is 0.216. The number of nitrogens with zero attached hydrogens (tertiary/aromatic N) is 2. The Labute approximate surface area is 126 Å². The zero-order chi connectivity index (χ0) is 14.2. The number of hydrogen-bond acceptors (Lipinski definition) is 3. The Balaban J connectivity index is 1.57. The number of nitrogens with one attached hydrogen (secondary N) is 1. The number of hydrogen-bond donors (Lipinski definition) is 1. The van der Waals surface area contributed by atoms with E-state index in [1.54, 1.807) is 0 Å². The molecule has 3 aliphatic heterocycles. The first-order chi connectivity index (χ1) is 10.3. The van der Waals surface area contributed by atoms with Crippen molar-refractivity contribution in [2.45, 2.75) is 31.7 Å². The smallest absolute Gasteiger partial charge is 0.256 e. The summed E-state index contributed by atoms with van der Waals surface area (Å²) in [5.41, 5.74) is 3.26. The average molecular weight is 285 g/mol. The minimum Gasteiger partial charge on any atom is -0.384 e. The van der Waals surface area contributed by atoms with Crippen LogP contribution in [0.15, 0.2) is 18.2 Å². The Kier molecular flexibility index (Phi) is 3.34. The normalized spacial score (nSPS) is 25.1. The lowest BCUT2D eigenvalue weighted by atomic mass is 9.98. The molecular weight excluding hydrogens is 262 g/mol. The Morgan fingerprint density at radius 2 is 2.14 bits per heavy atom. The number of rotatable bonds is 1. The highest BCUT2D eigenvalue weighted by atomic mass is 16.2. The zero-order valence-electron chi connectivity index (χ0n) is 12.5. The molecule has 2 saturated heterocycles. The van der Waals surface area contributed by atoms with Crippen LogP contribution in [0.5, 0.6) is 0 Å². The van der Waals surface area contributed by atoms with Gasteiger partial charge < -0.3 is 10.2 Å². The first kappa shape index (κ1) is 13.1. The molecule has 4 heteroatoms. The molecule has 1 aromatic rings. The molecule has 0 bridgehead atoms. The molecule has 1 N–H and O–H groups in total. The summed E-state index contributed by atoms with van der Waals surface area (Å²) in [5, 5.41) is 3.44. The lowest BCUT2D eigenvalue weighted by molar-refractivity contribution is 0.0572. The lowest BCUT2D eigenvalue weighted by Crippen LogP contribution is -2.52. The third-order valence-electron chi connectivity index (χ3n) is 5.18. The van der Waals surface area contributed by atoms with Gasteiger partial charge in [-0.2, -0.15) is 0 Å². The summed E-state index contributed by atoms with van der Waals surface area (Å²) in [6, 6.07) is 6.76. The first-order valence-corrected chi connectivity index (χ1v) is 8.22. The molecule has 1 aromatic carbocycles. The number of aryl methyl sites for hydroxylation is 1. The molecule has 0 saturated carbocycles. The fraction of sp³-hybridized carbons (Fsp3) is 0.588. The van der Waals surface area contributed by atoms with Crippen molar-refractivity contribution in [3.63, 3.8) is 0 Å². The molecule has 1 atom stereocenters. The van der Waals surface area contributed by atoms with Crippen LogP contribution in [0.3, 0.4) is 0 Å². The molecule has 0 aromatic heterocycles. The monoisotopic (exact) mass is 285 g/mol. The van der Waals surface area contributed by atoms with Crippen molar-refractivity contribution in [3.05, 3.63) is 29.3 Å². The van der Waals surface area contributed by atoms with Crippen LogP contribution in [0.4, 0.5) is 5.69 Å². The first-order valence-electron chi connectivity index (χ1n) is 8.22. The number of carbonyl (C=O) groups excluding carboxylic acids is 1. The number of carbonyl (C=O) groups is 1. The number of piperazine rings is 1. The van der Waals surface area contributed by atoms with Gasteiger partial charge in [-0.05, 0) is 43.9 Å². The Morgan fingerprint density at radius 3 is 3.10 bits per heavy atom. The van der Waals surface area contributed by atoms with Gasteiger partial charge in [-0.25, -0.2) is 0 Å². The second-order valence-electron chi connectivity index (χ2n) is 6.45. The van der Waals surface area contributed by atoms with E-state index < -0.39 is 0 Å². The van der Waals surface area contributed by atoms with Gasteiger partial charge in [0.05, 0.1) is 11.3 Å². The van der Waals surface area contributed by atoms with E-state index in [2.05, 4.69) is 21.2 Å². The number of para-hydroxylation sites is 1. The van der Waals surface area contributed by atoms with E-state index in [9.17, 15) is 4.79 Å². The standard InChI is InChI=1S/C17H23N3O/c21-17(20-11-10-19-9-3-6-14(19)12-20)15-7-1-4-13-5-2-8-18-16(13)15/h1,4,7,14,18H,2-3,5-6,8-12H2. The van der Waals surface area contributed by atoms with E-state index in [1.807, 2.05) is 12.1 Å². The van der Waals surface area contributed by atoms with E-state index in [0.29, 0.717) is 6.04 Å². The van der Waals surface area contributed by atoms with Gasteiger partial charge in [0.2, 0.25) is 0 Å². The largest absolute Gasteiger partial charge is 0.384 e. The molecular formula is C17H23N3O. The molecule has 112 valence electrons. The predicted molar refractivity (Wildman–Crippen MR) is 83.8 cm³/mol. The molecule has 3 aliphatic rings. The van der Waals surface area contributed by atoms with Crippen LogP contribution < -0.4 is 5.32 Å². The molecule has 1 amide bonds. The van der Waals surface area contributed by atoms with Gasteiger partial charge in [0.25, 0.3) is 5.91 Å². The third-order valence-corrected chi connectivity index (χ3v) is 5.18. The summed E-state index contributed by atoms with van der Waals surface area (Å²) in [4.78, 5) is 17.5. The van der Waals surface area contributed by atoms with Crippen LogP contribution in [-0.2, 0) is 6.42 Å². The summed E-state index contributed by atoms with van der Waals surface area (Å²) >= 11 is 0. The van der Waals surface area contributed by atoms with Crippen molar-refractivity contribution in [1.29, 1.82) is 0 Å². The van der Waals surface area contributed by atoms with Crippen molar-refractivity contribution >= 4 is 11.6 Å². The molecule has 0 spiro atoms. The number of anilines is 1. The Hall–Kier alpha value is -1.55. The minimum atomic E-state index is 0.216. The van der Waals surface area contributed by atoms with Crippen molar-refractivity contribution in [2.24, 2.45) is 0 Å². The third kappa shape index (κ3) is 2.31. The van der Waals surface area contributed by atoms with E-state index in [1.165, 1.54) is 24.9 Å². The maximum atomic E-state index is 12.9. The fourth-order valence-electron chi connectivity index (χ4n) is 4.03.